The number of hydrogen-bond acceptors (Lipinski definition) is 7. The maximum Gasteiger partial charge on any atom is 0.397 e. The van der Waals surface area contributed by atoms with Crippen LogP contribution in [0.4, 0.5) is 13.2 Å². The van der Waals surface area contributed by atoms with Gasteiger partial charge >= 0.3 is 6.18 Å². The van der Waals surface area contributed by atoms with Crippen LogP contribution in [0.1, 0.15) is 29.3 Å². The second-order valence-corrected chi connectivity index (χ2v) is 9.81. The van der Waals surface area contributed by atoms with Crippen LogP contribution < -0.4 is 0 Å². The molecule has 37 heavy (non-hydrogen) atoms. The second-order valence-electron chi connectivity index (χ2n) is 8.95. The number of halogens is 4. The number of imidazole rings is 1. The number of amides is 1. The number of hydrogen-bond donors (Lipinski definition) is 1. The van der Waals surface area contributed by atoms with E-state index in [1.807, 2.05) is 24.3 Å². The zero-order chi connectivity index (χ0) is 26.2. The lowest BCUT2D eigenvalue weighted by molar-refractivity contribution is -0.162. The van der Waals surface area contributed by atoms with Crippen LogP contribution >= 0.6 is 15.9 Å². The molecule has 0 aliphatic carbocycles. The summed E-state index contributed by atoms with van der Waals surface area (Å²) in [5.74, 6) is 0.894. The molecule has 1 amide bonds. The molecule has 5 rings (SSSR count). The molecule has 1 saturated heterocycles. The molecule has 0 unspecified atom stereocenters. The highest BCUT2D eigenvalue weighted by atomic mass is 79.9. The van der Waals surface area contributed by atoms with Crippen molar-refractivity contribution in [3.63, 3.8) is 0 Å². The normalized spacial score (nSPS) is 15.0. The quantitative estimate of drug-likeness (QED) is 0.365. The Labute approximate surface area is 218 Å². The molecule has 0 radical (unpaired) electrons. The van der Waals surface area contributed by atoms with Crippen LogP contribution in [0.25, 0.3) is 22.5 Å². The predicted molar refractivity (Wildman–Crippen MR) is 131 cm³/mol. The topological polar surface area (TPSA) is 104 Å². The highest BCUT2D eigenvalue weighted by molar-refractivity contribution is 9.10. The van der Waals surface area contributed by atoms with Crippen molar-refractivity contribution in [2.24, 2.45) is 0 Å². The summed E-state index contributed by atoms with van der Waals surface area (Å²) in [4.78, 5) is 32.0. The van der Waals surface area contributed by atoms with Gasteiger partial charge in [0.15, 0.2) is 5.82 Å². The summed E-state index contributed by atoms with van der Waals surface area (Å²) in [5, 5.41) is 3.83. The molecule has 1 N–H and O–H groups in total. The van der Waals surface area contributed by atoms with Crippen LogP contribution in [0, 0.1) is 6.92 Å². The van der Waals surface area contributed by atoms with Crippen molar-refractivity contribution in [3.8, 4) is 11.5 Å². The number of aromatic amines is 1. The highest BCUT2D eigenvalue weighted by Crippen LogP contribution is 2.25. The molecule has 0 spiro atoms. The van der Waals surface area contributed by atoms with Gasteiger partial charge in [0.2, 0.25) is 5.91 Å². The number of piperazine rings is 1. The van der Waals surface area contributed by atoms with E-state index in [0.717, 1.165) is 38.2 Å². The minimum absolute atomic E-state index is 0.272. The zero-order valence-electron chi connectivity index (χ0n) is 19.8. The number of aromatic nitrogens is 5. The summed E-state index contributed by atoms with van der Waals surface area (Å²) in [6, 6.07) is 7.68. The molecule has 0 bridgehead atoms. The fourth-order valence-electron chi connectivity index (χ4n) is 4.29. The molecular formula is C24H23BrF3N7O2. The number of aryl methyl sites for hydroxylation is 1. The van der Waals surface area contributed by atoms with Gasteiger partial charge in [-0.2, -0.15) is 18.2 Å². The summed E-state index contributed by atoms with van der Waals surface area (Å²) in [6.07, 6.45) is -3.66. The van der Waals surface area contributed by atoms with Crippen LogP contribution in [-0.2, 0) is 17.8 Å². The lowest BCUT2D eigenvalue weighted by Gasteiger charge is -2.35. The number of benzene rings is 1. The van der Waals surface area contributed by atoms with Crippen molar-refractivity contribution in [3.05, 3.63) is 57.8 Å². The number of nitrogens with one attached hydrogen (secondary N) is 1. The van der Waals surface area contributed by atoms with Crippen molar-refractivity contribution >= 4 is 32.9 Å². The van der Waals surface area contributed by atoms with E-state index >= 15 is 0 Å². The van der Waals surface area contributed by atoms with Crippen LogP contribution in [0.3, 0.4) is 0 Å². The molecule has 9 nitrogen and oxygen atoms in total. The van der Waals surface area contributed by atoms with E-state index in [1.54, 1.807) is 13.1 Å². The standard InChI is InChI=1S/C24H23BrF3N7O2/c1-14-30-23(37-33-14)15-2-3-19-20(9-15)32-21(31-19)10-17-8-16(18(25)12-29-17)13-34-4-6-35(7-5-34)22(36)11-24(26,27)28/h2-3,8-9,12H,4-7,10-11,13H2,1H3,(H,31,32). The average Bonchev–Trinajstić information content (AvgIpc) is 3.45. The first-order valence-electron chi connectivity index (χ1n) is 11.6. The van der Waals surface area contributed by atoms with Crippen molar-refractivity contribution < 1.29 is 22.5 Å². The summed E-state index contributed by atoms with van der Waals surface area (Å²) in [5.41, 5.74) is 4.28. The van der Waals surface area contributed by atoms with Gasteiger partial charge in [-0.3, -0.25) is 14.7 Å². The third-order valence-electron chi connectivity index (χ3n) is 6.12. The predicted octanol–water partition coefficient (Wildman–Crippen LogP) is 4.27. The van der Waals surface area contributed by atoms with Gasteiger partial charge in [-0.1, -0.05) is 5.16 Å². The van der Waals surface area contributed by atoms with Gasteiger partial charge < -0.3 is 14.4 Å². The van der Waals surface area contributed by atoms with E-state index in [2.05, 4.69) is 45.9 Å². The van der Waals surface area contributed by atoms with Gasteiger partial charge in [0.1, 0.15) is 12.2 Å². The molecule has 13 heteroatoms. The Kier molecular flexibility index (Phi) is 6.99. The number of alkyl halides is 3. The molecule has 1 aliphatic rings. The van der Waals surface area contributed by atoms with E-state index in [4.69, 9.17) is 4.52 Å². The van der Waals surface area contributed by atoms with Gasteiger partial charge in [-0.15, -0.1) is 0 Å². The largest absolute Gasteiger partial charge is 0.397 e. The van der Waals surface area contributed by atoms with Gasteiger partial charge in [-0.05, 0) is 52.7 Å². The Morgan fingerprint density at radius 2 is 1.95 bits per heavy atom. The number of H-pyrrole nitrogens is 1. The minimum atomic E-state index is -4.48. The number of nitrogens with zero attached hydrogens (tertiary/aromatic N) is 6. The highest BCUT2D eigenvalue weighted by Gasteiger charge is 2.34. The second kappa shape index (κ2) is 10.2. The van der Waals surface area contributed by atoms with Crippen LogP contribution in [0.2, 0.25) is 0 Å². The Balaban J connectivity index is 1.23. The van der Waals surface area contributed by atoms with E-state index in [-0.39, 0.29) is 13.1 Å². The van der Waals surface area contributed by atoms with Gasteiger partial charge in [-0.25, -0.2) is 4.98 Å². The van der Waals surface area contributed by atoms with E-state index in [1.165, 1.54) is 4.90 Å². The molecule has 194 valence electrons. The zero-order valence-corrected chi connectivity index (χ0v) is 21.4. The smallest absolute Gasteiger partial charge is 0.342 e. The minimum Gasteiger partial charge on any atom is -0.342 e. The third-order valence-corrected chi connectivity index (χ3v) is 6.83. The SMILES string of the molecule is Cc1noc(-c2ccc3nc(Cc4cc(CN5CCN(C(=O)CC(F)(F)F)CC5)c(Br)cn4)[nH]c3c2)n1. The first kappa shape index (κ1) is 25.3. The fraction of sp³-hybridized carbons (Fsp3) is 0.375. The number of rotatable bonds is 6. The van der Waals surface area contributed by atoms with Gasteiger partial charge in [0.25, 0.3) is 5.89 Å². The van der Waals surface area contributed by atoms with Crippen LogP contribution in [0.5, 0.6) is 0 Å². The van der Waals surface area contributed by atoms with Crippen LogP contribution in [-0.4, -0.2) is 73.2 Å². The molecule has 0 saturated carbocycles. The summed E-state index contributed by atoms with van der Waals surface area (Å²) in [6.45, 7) is 3.89. The Bertz CT molecular complexity index is 1430. The number of carbonyl (C=O) groups is 1. The number of pyridine rings is 1. The number of fused-ring (bicyclic) bond motifs is 1. The molecule has 0 atom stereocenters. The summed E-state index contributed by atoms with van der Waals surface area (Å²) < 4.78 is 43.7. The summed E-state index contributed by atoms with van der Waals surface area (Å²) >= 11 is 3.55. The maximum absolute atomic E-state index is 12.5. The molecule has 1 aromatic carbocycles. The molecule has 1 aliphatic heterocycles. The van der Waals surface area contributed by atoms with Crippen molar-refractivity contribution in [2.75, 3.05) is 26.2 Å². The molecular weight excluding hydrogens is 555 g/mol. The Morgan fingerprint density at radius 1 is 1.16 bits per heavy atom. The molecule has 4 heterocycles. The average molecular weight is 578 g/mol. The lowest BCUT2D eigenvalue weighted by atomic mass is 10.1. The molecule has 4 aromatic rings. The van der Waals surface area contributed by atoms with E-state index in [9.17, 15) is 18.0 Å². The van der Waals surface area contributed by atoms with Crippen molar-refractivity contribution in [1.82, 2.24) is 34.9 Å². The third kappa shape index (κ3) is 6.16. The molecule has 3 aromatic heterocycles. The lowest BCUT2D eigenvalue weighted by Crippen LogP contribution is -2.49. The number of carbonyl (C=O) groups excluding carboxylic acids is 1. The Hall–Kier alpha value is -3.32. The Morgan fingerprint density at radius 3 is 2.65 bits per heavy atom. The first-order valence-corrected chi connectivity index (χ1v) is 12.4. The van der Waals surface area contributed by atoms with Crippen molar-refractivity contribution in [1.29, 1.82) is 0 Å². The molecule has 1 fully saturated rings. The van der Waals surface area contributed by atoms with Crippen molar-refractivity contribution in [2.45, 2.75) is 32.5 Å². The fourth-order valence-corrected chi connectivity index (χ4v) is 4.63. The summed E-state index contributed by atoms with van der Waals surface area (Å²) in [7, 11) is 0. The maximum atomic E-state index is 12.5. The van der Waals surface area contributed by atoms with Crippen LogP contribution in [0.15, 0.2) is 39.5 Å². The van der Waals surface area contributed by atoms with Gasteiger partial charge in [0.05, 0.1) is 11.0 Å². The van der Waals surface area contributed by atoms with Gasteiger partial charge in [0, 0.05) is 61.1 Å². The van der Waals surface area contributed by atoms with E-state index < -0.39 is 18.5 Å². The monoisotopic (exact) mass is 577 g/mol. The van der Waals surface area contributed by atoms with E-state index in [0.29, 0.717) is 37.8 Å². The first-order chi connectivity index (χ1) is 17.6.